The van der Waals surface area contributed by atoms with Crippen LogP contribution in [0.4, 0.5) is 0 Å². The monoisotopic (exact) mass is 260 g/mol. The van der Waals surface area contributed by atoms with Crippen LogP contribution in [0, 0.1) is 0 Å². The highest BCUT2D eigenvalue weighted by atomic mass is 16.5. The summed E-state index contributed by atoms with van der Waals surface area (Å²) in [5, 5.41) is 33.9. The normalized spacial score (nSPS) is 35.7. The van der Waals surface area contributed by atoms with Gasteiger partial charge in [-0.1, -0.05) is 5.11 Å². The number of aliphatic hydroxyl groups excluding tert-OH is 3. The number of rotatable bonds is 4. The molecule has 5 atom stereocenters. The van der Waals surface area contributed by atoms with Gasteiger partial charge < -0.3 is 25.4 Å². The lowest BCUT2D eigenvalue weighted by Crippen LogP contribution is -2.63. The zero-order valence-electron chi connectivity index (χ0n) is 9.80. The zero-order valence-corrected chi connectivity index (χ0v) is 9.80. The second-order valence-electron chi connectivity index (χ2n) is 4.03. The third-order valence-electron chi connectivity index (χ3n) is 2.78. The van der Waals surface area contributed by atoms with Crippen molar-refractivity contribution in [3.05, 3.63) is 10.4 Å². The molecule has 0 aromatic carbocycles. The van der Waals surface area contributed by atoms with Gasteiger partial charge in [0.1, 0.15) is 24.9 Å². The molecule has 1 aliphatic heterocycles. The van der Waals surface area contributed by atoms with Crippen molar-refractivity contribution in [2.45, 2.75) is 37.4 Å². The number of carbonyl (C=O) groups excluding carboxylic acids is 1. The van der Waals surface area contributed by atoms with Crippen molar-refractivity contribution >= 4 is 5.91 Å². The molecule has 0 aromatic heterocycles. The van der Waals surface area contributed by atoms with E-state index >= 15 is 0 Å². The van der Waals surface area contributed by atoms with E-state index in [9.17, 15) is 15.0 Å². The molecule has 0 aliphatic carbocycles. The lowest BCUT2D eigenvalue weighted by Gasteiger charge is -2.41. The largest absolute Gasteiger partial charge is 0.394 e. The van der Waals surface area contributed by atoms with Gasteiger partial charge in [0.2, 0.25) is 5.91 Å². The molecule has 9 heteroatoms. The number of nitrogens with one attached hydrogen (secondary N) is 1. The van der Waals surface area contributed by atoms with Gasteiger partial charge >= 0.3 is 0 Å². The van der Waals surface area contributed by atoms with E-state index in [1.54, 1.807) is 6.92 Å². The highest BCUT2D eigenvalue weighted by Crippen LogP contribution is 2.20. The van der Waals surface area contributed by atoms with Crippen molar-refractivity contribution in [2.24, 2.45) is 5.11 Å². The van der Waals surface area contributed by atoms with E-state index in [2.05, 4.69) is 15.3 Å². The van der Waals surface area contributed by atoms with Crippen LogP contribution in [0.5, 0.6) is 0 Å². The van der Waals surface area contributed by atoms with Gasteiger partial charge in [-0.3, -0.25) is 4.79 Å². The maximum atomic E-state index is 11.3. The first-order valence-electron chi connectivity index (χ1n) is 5.44. The molecular formula is C9H16N4O5. The van der Waals surface area contributed by atoms with Crippen LogP contribution in [0.1, 0.15) is 6.92 Å². The van der Waals surface area contributed by atoms with E-state index in [0.29, 0.717) is 0 Å². The van der Waals surface area contributed by atoms with Gasteiger partial charge in [-0.15, -0.1) is 0 Å². The summed E-state index contributed by atoms with van der Waals surface area (Å²) >= 11 is 0. The number of azide groups is 1. The van der Waals surface area contributed by atoms with Crippen LogP contribution in [-0.2, 0) is 9.53 Å². The molecule has 0 saturated carbocycles. The second kappa shape index (κ2) is 6.53. The summed E-state index contributed by atoms with van der Waals surface area (Å²) in [6.07, 6.45) is -4.03. The van der Waals surface area contributed by atoms with Crippen LogP contribution in [0.15, 0.2) is 5.11 Å². The van der Waals surface area contributed by atoms with Crippen LogP contribution in [0.2, 0.25) is 0 Å². The van der Waals surface area contributed by atoms with E-state index in [1.807, 2.05) is 0 Å². The fourth-order valence-electron chi connectivity index (χ4n) is 1.83. The van der Waals surface area contributed by atoms with Crippen LogP contribution in [0.3, 0.4) is 0 Å². The molecule has 1 heterocycles. The number of hydrogen-bond acceptors (Lipinski definition) is 6. The minimum absolute atomic E-state index is 0.397. The van der Waals surface area contributed by atoms with Crippen LogP contribution in [0.25, 0.3) is 10.4 Å². The number of hydrogen-bond donors (Lipinski definition) is 4. The molecular weight excluding hydrogens is 244 g/mol. The summed E-state index contributed by atoms with van der Waals surface area (Å²) in [7, 11) is 0. The molecule has 0 bridgehead atoms. The lowest BCUT2D eigenvalue weighted by molar-refractivity contribution is -0.190. The van der Waals surface area contributed by atoms with Gasteiger partial charge in [-0.2, -0.15) is 0 Å². The second-order valence-corrected chi connectivity index (χ2v) is 4.03. The first-order chi connectivity index (χ1) is 8.51. The minimum atomic E-state index is -1.30. The topological polar surface area (TPSA) is 148 Å². The maximum absolute atomic E-state index is 11.3. The molecule has 1 amide bonds. The number of carbonyl (C=O) groups is 1. The predicted octanol–water partition coefficient (Wildman–Crippen LogP) is -1.72. The number of amides is 1. The first-order valence-corrected chi connectivity index (χ1v) is 5.44. The van der Waals surface area contributed by atoms with Crippen molar-refractivity contribution in [2.75, 3.05) is 13.2 Å². The smallest absolute Gasteiger partial charge is 0.226 e. The molecule has 1 fully saturated rings. The SMILES string of the molecule is C[C@@H]1O[C@H](CO)[C@H](O)[C@H](O)[C@H]1NC(=O)CN=[N+]=[N-]. The average molecular weight is 260 g/mol. The Kier molecular flexibility index (Phi) is 5.32. The fraction of sp³-hybridized carbons (Fsp3) is 0.889. The van der Waals surface area contributed by atoms with Gasteiger partial charge in [0.25, 0.3) is 0 Å². The van der Waals surface area contributed by atoms with Gasteiger partial charge in [-0.25, -0.2) is 0 Å². The highest BCUT2D eigenvalue weighted by molar-refractivity contribution is 5.78. The molecule has 102 valence electrons. The predicted molar refractivity (Wildman–Crippen MR) is 59.4 cm³/mol. The number of aliphatic hydroxyl groups is 3. The summed E-state index contributed by atoms with van der Waals surface area (Å²) in [6.45, 7) is 0.768. The Morgan fingerprint density at radius 2 is 2.17 bits per heavy atom. The number of ether oxygens (including phenoxy) is 1. The summed E-state index contributed by atoms with van der Waals surface area (Å²) in [4.78, 5) is 13.8. The lowest BCUT2D eigenvalue weighted by atomic mass is 9.93. The molecule has 9 nitrogen and oxygen atoms in total. The Hall–Kier alpha value is -1.38. The zero-order chi connectivity index (χ0) is 13.7. The summed E-state index contributed by atoms with van der Waals surface area (Å²) < 4.78 is 5.26. The van der Waals surface area contributed by atoms with Gasteiger partial charge in [0, 0.05) is 4.91 Å². The van der Waals surface area contributed by atoms with E-state index < -0.39 is 49.5 Å². The van der Waals surface area contributed by atoms with Crippen molar-refractivity contribution in [1.29, 1.82) is 0 Å². The quantitative estimate of drug-likeness (QED) is 0.269. The van der Waals surface area contributed by atoms with Crippen LogP contribution < -0.4 is 5.32 Å². The van der Waals surface area contributed by atoms with Crippen LogP contribution in [-0.4, -0.2) is 64.8 Å². The molecule has 0 aromatic rings. The Balaban J connectivity index is 2.64. The van der Waals surface area contributed by atoms with Gasteiger partial charge in [0.15, 0.2) is 0 Å². The molecule has 1 saturated heterocycles. The summed E-state index contributed by atoms with van der Waals surface area (Å²) in [5.41, 5.74) is 8.07. The standard InChI is InChI=1S/C9H16N4O5/c1-4-7(12-6(15)2-11-13-10)9(17)8(16)5(3-14)18-4/h4-5,7-9,14,16-17H,2-3H2,1H3,(H,12,15)/t4-,5+,7-,8-,9+/m0/s1. The van der Waals surface area contributed by atoms with Crippen molar-refractivity contribution in [3.63, 3.8) is 0 Å². The Morgan fingerprint density at radius 3 is 2.72 bits per heavy atom. The minimum Gasteiger partial charge on any atom is -0.394 e. The van der Waals surface area contributed by atoms with Gasteiger partial charge in [-0.05, 0) is 12.5 Å². The van der Waals surface area contributed by atoms with E-state index in [0.717, 1.165) is 0 Å². The Labute approximate surface area is 103 Å². The van der Waals surface area contributed by atoms with Crippen molar-refractivity contribution in [1.82, 2.24) is 5.32 Å². The van der Waals surface area contributed by atoms with Crippen molar-refractivity contribution in [3.8, 4) is 0 Å². The molecule has 1 aliphatic rings. The fourth-order valence-corrected chi connectivity index (χ4v) is 1.83. The van der Waals surface area contributed by atoms with E-state index in [-0.39, 0.29) is 0 Å². The molecule has 0 radical (unpaired) electrons. The molecule has 18 heavy (non-hydrogen) atoms. The third kappa shape index (κ3) is 3.31. The maximum Gasteiger partial charge on any atom is 0.226 e. The summed E-state index contributed by atoms with van der Waals surface area (Å²) in [5.74, 6) is -0.582. The summed E-state index contributed by atoms with van der Waals surface area (Å²) in [6, 6.07) is -0.829. The number of nitrogens with zero attached hydrogens (tertiary/aromatic N) is 3. The molecule has 0 spiro atoms. The highest BCUT2D eigenvalue weighted by Gasteiger charge is 2.42. The van der Waals surface area contributed by atoms with Gasteiger partial charge in [0.05, 0.1) is 18.8 Å². The third-order valence-corrected chi connectivity index (χ3v) is 2.78. The Morgan fingerprint density at radius 1 is 1.50 bits per heavy atom. The van der Waals surface area contributed by atoms with Crippen molar-refractivity contribution < 1.29 is 24.9 Å². The average Bonchev–Trinajstić information content (AvgIpc) is 2.36. The van der Waals surface area contributed by atoms with Crippen LogP contribution >= 0.6 is 0 Å². The molecule has 1 rings (SSSR count). The van der Waals surface area contributed by atoms with E-state index in [4.69, 9.17) is 15.4 Å². The molecule has 4 N–H and O–H groups in total. The van der Waals surface area contributed by atoms with E-state index in [1.165, 1.54) is 0 Å². The Bertz CT molecular complexity index is 346. The molecule has 0 unspecified atom stereocenters. The first kappa shape index (κ1) is 14.7.